The lowest BCUT2D eigenvalue weighted by Gasteiger charge is -2.10. The van der Waals surface area contributed by atoms with E-state index >= 15 is 0 Å². The van der Waals surface area contributed by atoms with Gasteiger partial charge in [-0.2, -0.15) is 0 Å². The third-order valence-electron chi connectivity index (χ3n) is 7.87. The molecule has 0 fully saturated rings. The van der Waals surface area contributed by atoms with Crippen LogP contribution in [0, 0.1) is 35.5 Å². The number of benzene rings is 3. The zero-order chi connectivity index (χ0) is 40.0. The molecule has 0 saturated heterocycles. The van der Waals surface area contributed by atoms with Crippen molar-refractivity contribution in [2.75, 3.05) is 140 Å². The number of hydrogen-bond donors (Lipinski definition) is 0. The Labute approximate surface area is 337 Å². The molecular weight excluding hydrogens is 732 g/mol. The number of ether oxygens (including phenoxy) is 12. The van der Waals surface area contributed by atoms with Crippen LogP contribution in [0.3, 0.4) is 0 Å². The first-order chi connectivity index (χ1) is 28.2. The zero-order valence-corrected chi connectivity index (χ0v) is 33.3. The van der Waals surface area contributed by atoms with E-state index in [-0.39, 0.29) is 0 Å². The number of fused-ring (bicyclic) bond motifs is 3. The van der Waals surface area contributed by atoms with Crippen molar-refractivity contribution in [3.05, 3.63) is 88.0 Å². The lowest BCUT2D eigenvalue weighted by Crippen LogP contribution is -2.12. The first-order valence-electron chi connectivity index (χ1n) is 19.0. The summed E-state index contributed by atoms with van der Waals surface area (Å²) in [5.41, 5.74) is 4.39. The van der Waals surface area contributed by atoms with E-state index in [0.29, 0.717) is 147 Å². The van der Waals surface area contributed by atoms with Gasteiger partial charge in [-0.1, -0.05) is 35.5 Å². The summed E-state index contributed by atoms with van der Waals surface area (Å²) in [6.45, 7) is 8.51. The van der Waals surface area contributed by atoms with Crippen molar-refractivity contribution in [1.29, 1.82) is 0 Å². The van der Waals surface area contributed by atoms with Crippen LogP contribution in [0.2, 0.25) is 0 Å². The molecule has 306 valence electrons. The van der Waals surface area contributed by atoms with Gasteiger partial charge < -0.3 is 56.8 Å². The fraction of sp³-hybridized carbons (Fsp3) is 0.467. The molecule has 12 heteroatoms. The van der Waals surface area contributed by atoms with Crippen LogP contribution in [0.5, 0.6) is 17.2 Å². The topological polar surface area (TPSA) is 111 Å². The molecule has 0 N–H and O–H groups in total. The molecule has 12 nitrogen and oxygen atoms in total. The van der Waals surface area contributed by atoms with Crippen LogP contribution in [-0.4, -0.2) is 140 Å². The Morgan fingerprint density at radius 1 is 0.281 bits per heavy atom. The molecule has 57 heavy (non-hydrogen) atoms. The highest BCUT2D eigenvalue weighted by Crippen LogP contribution is 2.22. The van der Waals surface area contributed by atoms with E-state index in [4.69, 9.17) is 56.8 Å². The summed E-state index contributed by atoms with van der Waals surface area (Å²) < 4.78 is 66.2. The second kappa shape index (κ2) is 28.7. The minimum absolute atomic E-state index is 0.364. The van der Waals surface area contributed by atoms with E-state index in [1.54, 1.807) is 21.3 Å². The molecule has 0 radical (unpaired) electrons. The summed E-state index contributed by atoms with van der Waals surface area (Å²) in [7, 11) is 4.93. The Morgan fingerprint density at radius 3 is 0.772 bits per heavy atom. The Morgan fingerprint density at radius 2 is 0.509 bits per heavy atom. The van der Waals surface area contributed by atoms with Gasteiger partial charge in [-0.25, -0.2) is 0 Å². The van der Waals surface area contributed by atoms with Crippen molar-refractivity contribution in [3.63, 3.8) is 0 Å². The summed E-state index contributed by atoms with van der Waals surface area (Å²) in [4.78, 5) is 0. The standard InChI is InChI=1S/C45H54O12/c1-46-16-19-49-22-25-52-28-31-55-43-13-10-37-4-5-38-11-14-44(56-32-29-53-26-23-50-20-17-47-2)35-41(38)8-9-42-36-45(15-12-39(42)6-7-40(37)34-43)57-33-30-54-27-24-51-21-18-48-3/h10-15,34-36H,16-33H2,1-3H3. The van der Waals surface area contributed by atoms with Crippen molar-refractivity contribution in [3.8, 4) is 52.8 Å². The summed E-state index contributed by atoms with van der Waals surface area (Å²) in [6.07, 6.45) is 0. The van der Waals surface area contributed by atoms with Crippen LogP contribution >= 0.6 is 0 Å². The van der Waals surface area contributed by atoms with Crippen LogP contribution < -0.4 is 14.2 Å². The molecule has 0 heterocycles. The van der Waals surface area contributed by atoms with Crippen molar-refractivity contribution >= 4 is 0 Å². The van der Waals surface area contributed by atoms with E-state index in [2.05, 4.69) is 35.5 Å². The first-order valence-corrected chi connectivity index (χ1v) is 19.0. The van der Waals surface area contributed by atoms with Gasteiger partial charge in [-0.15, -0.1) is 0 Å². The van der Waals surface area contributed by atoms with Crippen molar-refractivity contribution in [1.82, 2.24) is 0 Å². The highest BCUT2D eigenvalue weighted by molar-refractivity contribution is 5.63. The molecule has 0 unspecified atom stereocenters. The monoisotopic (exact) mass is 786 g/mol. The third-order valence-corrected chi connectivity index (χ3v) is 7.87. The van der Waals surface area contributed by atoms with Gasteiger partial charge in [0, 0.05) is 54.7 Å². The maximum atomic E-state index is 6.02. The van der Waals surface area contributed by atoms with E-state index < -0.39 is 0 Å². The molecule has 0 spiro atoms. The molecule has 1 aliphatic rings. The lowest BCUT2D eigenvalue weighted by molar-refractivity contribution is 0.0180. The summed E-state index contributed by atoms with van der Waals surface area (Å²) in [5.74, 6) is 21.9. The largest absolute Gasteiger partial charge is 0.491 e. The third kappa shape index (κ3) is 18.5. The second-order valence-electron chi connectivity index (χ2n) is 12.1. The molecule has 4 rings (SSSR count). The highest BCUT2D eigenvalue weighted by atomic mass is 16.6. The van der Waals surface area contributed by atoms with Crippen molar-refractivity contribution in [2.45, 2.75) is 0 Å². The SMILES string of the molecule is COCCOCCOCCOc1ccc2c(c1)C#Cc1ccc(OCCOCCOCCOC)cc1C#Cc1cc(OCCOCCOCCOC)ccc1C#C2. The van der Waals surface area contributed by atoms with Crippen molar-refractivity contribution < 1.29 is 56.8 Å². The molecular formula is C45H54O12. The van der Waals surface area contributed by atoms with Crippen LogP contribution in [0.4, 0.5) is 0 Å². The predicted molar refractivity (Wildman–Crippen MR) is 214 cm³/mol. The van der Waals surface area contributed by atoms with E-state index in [9.17, 15) is 0 Å². The van der Waals surface area contributed by atoms with Crippen LogP contribution in [0.15, 0.2) is 54.6 Å². The average molecular weight is 787 g/mol. The number of methoxy groups -OCH3 is 3. The summed E-state index contributed by atoms with van der Waals surface area (Å²) in [6, 6.07) is 17.1. The van der Waals surface area contributed by atoms with Crippen LogP contribution in [0.25, 0.3) is 0 Å². The normalized spacial score (nSPS) is 11.2. The Kier molecular flexibility index (Phi) is 22.7. The van der Waals surface area contributed by atoms with Gasteiger partial charge in [0.05, 0.1) is 99.1 Å². The Balaban J connectivity index is 1.48. The smallest absolute Gasteiger partial charge is 0.120 e. The molecule has 0 bridgehead atoms. The van der Waals surface area contributed by atoms with Crippen LogP contribution in [0.1, 0.15) is 33.4 Å². The average Bonchev–Trinajstić information content (AvgIpc) is 3.23. The fourth-order valence-corrected chi connectivity index (χ4v) is 4.93. The fourth-order valence-electron chi connectivity index (χ4n) is 4.93. The van der Waals surface area contributed by atoms with Gasteiger partial charge in [0.1, 0.15) is 37.1 Å². The van der Waals surface area contributed by atoms with Gasteiger partial charge in [-0.3, -0.25) is 0 Å². The summed E-state index contributed by atoms with van der Waals surface area (Å²) >= 11 is 0. The number of rotatable bonds is 30. The molecule has 3 aromatic carbocycles. The minimum Gasteiger partial charge on any atom is -0.491 e. The molecule has 0 amide bonds. The van der Waals surface area contributed by atoms with Crippen molar-refractivity contribution in [2.24, 2.45) is 0 Å². The maximum Gasteiger partial charge on any atom is 0.120 e. The molecule has 0 aromatic heterocycles. The maximum absolute atomic E-state index is 6.02. The predicted octanol–water partition coefficient (Wildman–Crippen LogP) is 4.37. The van der Waals surface area contributed by atoms with Gasteiger partial charge in [0.15, 0.2) is 0 Å². The Hall–Kier alpha value is -4.62. The number of hydrogen-bond acceptors (Lipinski definition) is 12. The summed E-state index contributed by atoms with van der Waals surface area (Å²) in [5, 5.41) is 0. The quantitative estimate of drug-likeness (QED) is 0.0553. The van der Waals surface area contributed by atoms with E-state index in [0.717, 1.165) is 22.3 Å². The van der Waals surface area contributed by atoms with Gasteiger partial charge >= 0.3 is 0 Å². The first kappa shape index (κ1) is 45.1. The Bertz CT molecular complexity index is 1790. The molecule has 0 atom stereocenters. The molecule has 1 aliphatic carbocycles. The van der Waals surface area contributed by atoms with Gasteiger partial charge in [0.2, 0.25) is 0 Å². The molecule has 3 aromatic rings. The van der Waals surface area contributed by atoms with Gasteiger partial charge in [-0.05, 0) is 54.6 Å². The minimum atomic E-state index is 0.364. The second-order valence-corrected chi connectivity index (χ2v) is 12.1. The van der Waals surface area contributed by atoms with E-state index in [1.807, 2.05) is 54.6 Å². The highest BCUT2D eigenvalue weighted by Gasteiger charge is 2.08. The van der Waals surface area contributed by atoms with E-state index in [1.165, 1.54) is 0 Å². The molecule has 0 saturated carbocycles. The zero-order valence-electron chi connectivity index (χ0n) is 33.3. The lowest BCUT2D eigenvalue weighted by atomic mass is 10.0. The van der Waals surface area contributed by atoms with Gasteiger partial charge in [0.25, 0.3) is 0 Å². The van der Waals surface area contributed by atoms with Crippen LogP contribution in [-0.2, 0) is 42.6 Å². The molecule has 0 aliphatic heterocycles.